The molecule has 1 atom stereocenters. The Morgan fingerprint density at radius 2 is 1.21 bits per heavy atom. The average Bonchev–Trinajstić information content (AvgIpc) is 3.75. The van der Waals surface area contributed by atoms with Crippen molar-refractivity contribution in [3.05, 3.63) is 163 Å². The maximum atomic E-state index is 5.84. The van der Waals surface area contributed by atoms with E-state index in [4.69, 9.17) is 23.2 Å². The first-order valence-electron chi connectivity index (χ1n) is 18.8. The van der Waals surface area contributed by atoms with Crippen LogP contribution in [-0.2, 0) is 39.5 Å². The molecule has 0 radical (unpaired) electrons. The number of benzene rings is 4. The summed E-state index contributed by atoms with van der Waals surface area (Å²) in [6, 6.07) is 25.7. The van der Waals surface area contributed by atoms with E-state index in [9.17, 15) is 0 Å². The maximum absolute atomic E-state index is 5.84. The van der Waals surface area contributed by atoms with E-state index in [1.54, 1.807) is 0 Å². The molecule has 4 aromatic rings. The van der Waals surface area contributed by atoms with Gasteiger partial charge in [-0.3, -0.25) is 12.2 Å². The Morgan fingerprint density at radius 1 is 0.698 bits per heavy atom. The number of fused-ring (bicyclic) bond motifs is 5. The van der Waals surface area contributed by atoms with Crippen LogP contribution in [0.1, 0.15) is 121 Å². The number of halogens is 2. The second kappa shape index (κ2) is 15.3. The third-order valence-corrected chi connectivity index (χ3v) is 13.7. The van der Waals surface area contributed by atoms with Crippen molar-refractivity contribution >= 4 is 41.8 Å². The molecule has 1 unspecified atom stereocenters. The Morgan fingerprint density at radius 3 is 1.68 bits per heavy atom. The molecule has 4 aliphatic rings. The van der Waals surface area contributed by atoms with Gasteiger partial charge in [-0.05, 0) is 58.4 Å². The van der Waals surface area contributed by atoms with E-state index in [0.29, 0.717) is 11.3 Å². The molecule has 4 aromatic carbocycles. The van der Waals surface area contributed by atoms with Crippen LogP contribution in [0.2, 0.25) is 10.0 Å². The Hall–Kier alpha value is -2.96. The van der Waals surface area contributed by atoms with E-state index in [-0.39, 0.29) is 10.8 Å². The number of hydrogen-bond acceptors (Lipinski definition) is 0. The molecule has 272 valence electrons. The minimum atomic E-state index is -0.623. The molecule has 3 heteroatoms. The SMILES string of the molecule is CC1=[C-]C(C)(C)c2cc3c(cc21)-c1cc2c(cc1C3)C(C)(C)C=C2C.CC1=[C-]C(C)C=C1C(C)(C)C.Clc1ccc([CH]=[Zr]=[CH]c2ccc(Cl)cc2)cc1. The molecular formula is C50H52Cl2Zr-2. The van der Waals surface area contributed by atoms with Gasteiger partial charge >= 0.3 is 123 Å². The molecule has 0 aromatic heterocycles. The topological polar surface area (TPSA) is 0 Å². The summed E-state index contributed by atoms with van der Waals surface area (Å²) in [5, 5.41) is 1.57. The van der Waals surface area contributed by atoms with E-state index in [2.05, 4.69) is 156 Å². The molecule has 0 nitrogen and oxygen atoms in total. The Labute approximate surface area is 340 Å². The van der Waals surface area contributed by atoms with Gasteiger partial charge in [-0.25, -0.2) is 11.1 Å². The van der Waals surface area contributed by atoms with Gasteiger partial charge in [-0.2, -0.15) is 17.2 Å². The normalized spacial score (nSPS) is 17.9. The Kier molecular flexibility index (Phi) is 11.5. The van der Waals surface area contributed by atoms with Gasteiger partial charge < -0.3 is 0 Å². The van der Waals surface area contributed by atoms with Crippen LogP contribution in [0.15, 0.2) is 96.1 Å². The van der Waals surface area contributed by atoms with Crippen molar-refractivity contribution in [3.8, 4) is 11.1 Å². The zero-order chi connectivity index (χ0) is 38.5. The van der Waals surface area contributed by atoms with Gasteiger partial charge in [0.05, 0.1) is 0 Å². The van der Waals surface area contributed by atoms with E-state index in [1.807, 2.05) is 24.3 Å². The van der Waals surface area contributed by atoms with Crippen LogP contribution < -0.4 is 0 Å². The van der Waals surface area contributed by atoms with Crippen LogP contribution in [0.4, 0.5) is 0 Å². The monoisotopic (exact) mass is 812 g/mol. The molecule has 0 amide bonds. The van der Waals surface area contributed by atoms with Crippen molar-refractivity contribution in [3.63, 3.8) is 0 Å². The molecular weight excluding hydrogens is 763 g/mol. The number of rotatable bonds is 2. The van der Waals surface area contributed by atoms with Crippen molar-refractivity contribution < 1.29 is 22.3 Å². The average molecular weight is 815 g/mol. The molecule has 0 N–H and O–H groups in total. The predicted molar refractivity (Wildman–Crippen MR) is 229 cm³/mol. The summed E-state index contributed by atoms with van der Waals surface area (Å²) >= 11 is 11.0. The molecule has 0 heterocycles. The fourth-order valence-corrected chi connectivity index (χ4v) is 10.6. The van der Waals surface area contributed by atoms with Gasteiger partial charge in [-0.15, -0.1) is 11.6 Å². The van der Waals surface area contributed by atoms with Crippen LogP contribution in [0.25, 0.3) is 22.3 Å². The zero-order valence-electron chi connectivity index (χ0n) is 33.3. The van der Waals surface area contributed by atoms with Crippen molar-refractivity contribution in [2.24, 2.45) is 11.3 Å². The van der Waals surface area contributed by atoms with Gasteiger partial charge in [0.15, 0.2) is 0 Å². The molecule has 0 aliphatic heterocycles. The molecule has 8 rings (SSSR count). The van der Waals surface area contributed by atoms with Crippen LogP contribution >= 0.6 is 23.2 Å². The fourth-order valence-electron chi connectivity index (χ4n) is 8.28. The summed E-state index contributed by atoms with van der Waals surface area (Å²) in [5.74, 6) is 0.518. The van der Waals surface area contributed by atoms with Gasteiger partial charge in [-0.1, -0.05) is 104 Å². The van der Waals surface area contributed by atoms with Crippen molar-refractivity contribution in [2.45, 2.75) is 93.4 Å². The minimum absolute atomic E-state index is 0.0340. The quantitative estimate of drug-likeness (QED) is 0.156. The summed E-state index contributed by atoms with van der Waals surface area (Å²) in [6.07, 6.45) is 12.8. The fraction of sp³-hybridized carbons (Fsp3) is 0.320. The molecule has 53 heavy (non-hydrogen) atoms. The molecule has 0 spiro atoms. The second-order valence-electron chi connectivity index (χ2n) is 17.2. The van der Waals surface area contributed by atoms with E-state index < -0.39 is 22.3 Å². The first kappa shape index (κ1) is 39.7. The molecule has 4 aliphatic carbocycles. The summed E-state index contributed by atoms with van der Waals surface area (Å²) < 4.78 is 4.66. The number of allylic oxidation sites excluding steroid dienone is 8. The zero-order valence-corrected chi connectivity index (χ0v) is 37.2. The van der Waals surface area contributed by atoms with Crippen LogP contribution in [-0.4, -0.2) is 7.42 Å². The third kappa shape index (κ3) is 8.80. The Balaban J connectivity index is 0.000000149. The van der Waals surface area contributed by atoms with Crippen LogP contribution in [0.3, 0.4) is 0 Å². The van der Waals surface area contributed by atoms with E-state index >= 15 is 0 Å². The van der Waals surface area contributed by atoms with Gasteiger partial charge in [0, 0.05) is 5.41 Å². The first-order valence-corrected chi connectivity index (χ1v) is 22.4. The molecule has 0 saturated heterocycles. The standard InChI is InChI=1S/C25H25.C11H17.2C7H5Cl.Zr/c1-14-12-24(3,4)22-8-16-7-17-9-23-19(15(2)13-25(23,5)6)11-21(17)20(16)10-18(14)22;1-8-6-9(2)10(7-8)11(3,4)5;2*1-6-2-4-7(8)5-3-6;/h8-12H,7H2,1-6H3;7-8H,1-5H3;2*1-5H;/q2*-1;;;. The van der Waals surface area contributed by atoms with Crippen molar-refractivity contribution in [2.75, 3.05) is 0 Å². The molecule has 0 saturated carbocycles. The van der Waals surface area contributed by atoms with E-state index in [1.165, 1.54) is 77.9 Å². The molecule has 0 fully saturated rings. The third-order valence-electron chi connectivity index (χ3n) is 10.7. The summed E-state index contributed by atoms with van der Waals surface area (Å²) in [7, 11) is 0. The van der Waals surface area contributed by atoms with Gasteiger partial charge in [0.2, 0.25) is 0 Å². The van der Waals surface area contributed by atoms with Gasteiger partial charge in [0.25, 0.3) is 0 Å². The summed E-state index contributed by atoms with van der Waals surface area (Å²) in [4.78, 5) is 0. The van der Waals surface area contributed by atoms with Crippen molar-refractivity contribution in [1.82, 2.24) is 0 Å². The predicted octanol–water partition coefficient (Wildman–Crippen LogP) is 13.9. The molecule has 0 bridgehead atoms. The number of hydrogen-bond donors (Lipinski definition) is 0. The summed E-state index contributed by atoms with van der Waals surface area (Å²) in [6.45, 7) is 24.8. The van der Waals surface area contributed by atoms with E-state index in [0.717, 1.165) is 16.5 Å². The second-order valence-corrected chi connectivity index (χ2v) is 20.3. The Bertz CT molecular complexity index is 2120. The first-order chi connectivity index (χ1) is 24.8. The van der Waals surface area contributed by atoms with Crippen molar-refractivity contribution in [1.29, 1.82) is 0 Å². The summed E-state index contributed by atoms with van der Waals surface area (Å²) in [5.41, 5.74) is 20.2. The van der Waals surface area contributed by atoms with Gasteiger partial charge in [0.1, 0.15) is 0 Å². The van der Waals surface area contributed by atoms with Crippen LogP contribution in [0.5, 0.6) is 0 Å². The van der Waals surface area contributed by atoms with Crippen LogP contribution in [0, 0.1) is 23.5 Å².